The molecule has 2 heteroatoms. The zero-order valence-corrected chi connectivity index (χ0v) is 13.8. The van der Waals surface area contributed by atoms with Crippen molar-refractivity contribution in [1.29, 1.82) is 0 Å². The molecule has 0 saturated carbocycles. The van der Waals surface area contributed by atoms with Crippen molar-refractivity contribution in [3.8, 4) is 0 Å². The summed E-state index contributed by atoms with van der Waals surface area (Å²) >= 11 is 0. The van der Waals surface area contributed by atoms with Gasteiger partial charge in [-0.3, -0.25) is 4.79 Å². The van der Waals surface area contributed by atoms with Crippen LogP contribution in [0.15, 0.2) is 18.2 Å². The quantitative estimate of drug-likeness (QED) is 0.802. The summed E-state index contributed by atoms with van der Waals surface area (Å²) in [6.45, 7) is 13.7. The van der Waals surface area contributed by atoms with Crippen molar-refractivity contribution in [3.63, 3.8) is 0 Å². The predicted molar refractivity (Wildman–Crippen MR) is 86.3 cm³/mol. The Balaban J connectivity index is 2.78. The molecule has 0 bridgehead atoms. The molecule has 1 rings (SSSR count). The van der Waals surface area contributed by atoms with Gasteiger partial charge in [-0.15, -0.1) is 0 Å². The number of hydrogen-bond donors (Lipinski definition) is 1. The van der Waals surface area contributed by atoms with Crippen molar-refractivity contribution in [1.82, 2.24) is 5.32 Å². The molecule has 0 spiro atoms. The van der Waals surface area contributed by atoms with E-state index in [9.17, 15) is 4.79 Å². The van der Waals surface area contributed by atoms with Gasteiger partial charge in [0, 0.05) is 12.1 Å². The number of rotatable bonds is 6. The largest absolute Gasteiger partial charge is 0.352 e. The molecular formula is C18H29NO. The van der Waals surface area contributed by atoms with Crippen LogP contribution in [0.2, 0.25) is 0 Å². The van der Waals surface area contributed by atoms with E-state index in [2.05, 4.69) is 46.0 Å². The highest BCUT2D eigenvalue weighted by atomic mass is 16.1. The van der Waals surface area contributed by atoms with E-state index in [0.29, 0.717) is 5.92 Å². The topological polar surface area (TPSA) is 29.1 Å². The lowest BCUT2D eigenvalue weighted by atomic mass is 9.88. The number of amides is 1. The fourth-order valence-electron chi connectivity index (χ4n) is 2.46. The fourth-order valence-corrected chi connectivity index (χ4v) is 2.46. The van der Waals surface area contributed by atoms with Gasteiger partial charge in [0.2, 0.25) is 0 Å². The number of carbonyl (C=O) groups excluding carboxylic acids is 1. The van der Waals surface area contributed by atoms with E-state index in [1.54, 1.807) is 0 Å². The Morgan fingerprint density at radius 3 is 2.45 bits per heavy atom. The SMILES string of the molecule is CCCC(C)(C)CNC(=O)c1cc(C)cc(C(C)C)c1. The van der Waals surface area contributed by atoms with Crippen LogP contribution in [-0.4, -0.2) is 12.5 Å². The second-order valence-electron chi connectivity index (χ2n) is 6.88. The first-order valence-corrected chi connectivity index (χ1v) is 7.65. The van der Waals surface area contributed by atoms with Gasteiger partial charge in [0.15, 0.2) is 0 Å². The zero-order chi connectivity index (χ0) is 15.3. The van der Waals surface area contributed by atoms with Crippen LogP contribution in [0.1, 0.15) is 74.9 Å². The molecular weight excluding hydrogens is 246 g/mol. The third-order valence-electron chi connectivity index (χ3n) is 3.68. The Bertz CT molecular complexity index is 460. The van der Waals surface area contributed by atoms with Gasteiger partial charge in [-0.25, -0.2) is 0 Å². The molecule has 1 aromatic carbocycles. The highest BCUT2D eigenvalue weighted by molar-refractivity contribution is 5.94. The minimum atomic E-state index is 0.0415. The Kier molecular flexibility index (Phi) is 5.79. The zero-order valence-electron chi connectivity index (χ0n) is 13.8. The van der Waals surface area contributed by atoms with Crippen LogP contribution < -0.4 is 5.32 Å². The maximum absolute atomic E-state index is 12.3. The smallest absolute Gasteiger partial charge is 0.251 e. The van der Waals surface area contributed by atoms with E-state index < -0.39 is 0 Å². The molecule has 20 heavy (non-hydrogen) atoms. The van der Waals surface area contributed by atoms with Crippen molar-refractivity contribution in [2.45, 2.75) is 60.3 Å². The van der Waals surface area contributed by atoms with Gasteiger partial charge in [-0.1, -0.05) is 52.7 Å². The van der Waals surface area contributed by atoms with Crippen LogP contribution in [0.3, 0.4) is 0 Å². The summed E-state index contributed by atoms with van der Waals surface area (Å²) in [7, 11) is 0. The van der Waals surface area contributed by atoms with Crippen molar-refractivity contribution in [2.75, 3.05) is 6.54 Å². The molecule has 0 aliphatic rings. The van der Waals surface area contributed by atoms with Crippen molar-refractivity contribution in [3.05, 3.63) is 34.9 Å². The highest BCUT2D eigenvalue weighted by Gasteiger charge is 2.18. The maximum Gasteiger partial charge on any atom is 0.251 e. The number of nitrogens with one attached hydrogen (secondary N) is 1. The van der Waals surface area contributed by atoms with Gasteiger partial charge < -0.3 is 5.32 Å². The molecule has 0 saturated heterocycles. The van der Waals surface area contributed by atoms with Gasteiger partial charge in [0.25, 0.3) is 5.91 Å². The number of carbonyl (C=O) groups is 1. The van der Waals surface area contributed by atoms with E-state index in [-0.39, 0.29) is 11.3 Å². The number of aryl methyl sites for hydroxylation is 1. The minimum Gasteiger partial charge on any atom is -0.352 e. The summed E-state index contributed by atoms with van der Waals surface area (Å²) in [4.78, 5) is 12.3. The van der Waals surface area contributed by atoms with E-state index in [1.807, 2.05) is 19.1 Å². The first-order valence-electron chi connectivity index (χ1n) is 7.65. The van der Waals surface area contributed by atoms with E-state index in [1.165, 1.54) is 5.56 Å². The highest BCUT2D eigenvalue weighted by Crippen LogP contribution is 2.21. The molecule has 0 aromatic heterocycles. The standard InChI is InChI=1S/C18H29NO/c1-7-8-18(5,6)12-19-17(20)16-10-14(4)9-15(11-16)13(2)3/h9-11,13H,7-8,12H2,1-6H3,(H,19,20). The van der Waals surface area contributed by atoms with Crippen LogP contribution in [0.25, 0.3) is 0 Å². The van der Waals surface area contributed by atoms with E-state index in [4.69, 9.17) is 0 Å². The summed E-state index contributed by atoms with van der Waals surface area (Å²) in [5.74, 6) is 0.484. The predicted octanol–water partition coefficient (Wildman–Crippen LogP) is 4.67. The maximum atomic E-state index is 12.3. The fraction of sp³-hybridized carbons (Fsp3) is 0.611. The van der Waals surface area contributed by atoms with E-state index in [0.717, 1.165) is 30.5 Å². The molecule has 1 aromatic rings. The summed E-state index contributed by atoms with van der Waals surface area (Å²) < 4.78 is 0. The van der Waals surface area contributed by atoms with Gasteiger partial charge >= 0.3 is 0 Å². The normalized spacial score (nSPS) is 11.8. The van der Waals surface area contributed by atoms with Crippen molar-refractivity contribution < 1.29 is 4.79 Å². The van der Waals surface area contributed by atoms with Crippen LogP contribution in [0.4, 0.5) is 0 Å². The molecule has 0 aliphatic heterocycles. The number of hydrogen-bond acceptors (Lipinski definition) is 1. The summed E-state index contributed by atoms with van der Waals surface area (Å²) in [6.07, 6.45) is 2.27. The molecule has 0 atom stereocenters. The average molecular weight is 275 g/mol. The van der Waals surface area contributed by atoms with Gasteiger partial charge in [0.1, 0.15) is 0 Å². The Labute approximate surface area is 124 Å². The first-order chi connectivity index (χ1) is 9.25. The Hall–Kier alpha value is -1.31. The average Bonchev–Trinajstić information content (AvgIpc) is 2.35. The molecule has 0 fully saturated rings. The summed E-state index contributed by atoms with van der Waals surface area (Å²) in [6, 6.07) is 6.14. The second kappa shape index (κ2) is 6.92. The summed E-state index contributed by atoms with van der Waals surface area (Å²) in [5.41, 5.74) is 3.31. The number of benzene rings is 1. The molecule has 0 unspecified atom stereocenters. The van der Waals surface area contributed by atoms with Gasteiger partial charge in [-0.05, 0) is 42.4 Å². The Morgan fingerprint density at radius 2 is 1.90 bits per heavy atom. The van der Waals surface area contributed by atoms with Crippen molar-refractivity contribution in [2.24, 2.45) is 5.41 Å². The summed E-state index contributed by atoms with van der Waals surface area (Å²) in [5, 5.41) is 3.08. The molecule has 0 radical (unpaired) electrons. The lowest BCUT2D eigenvalue weighted by Gasteiger charge is -2.24. The van der Waals surface area contributed by atoms with E-state index >= 15 is 0 Å². The Morgan fingerprint density at radius 1 is 1.25 bits per heavy atom. The lowest BCUT2D eigenvalue weighted by molar-refractivity contribution is 0.0934. The van der Waals surface area contributed by atoms with Crippen LogP contribution in [0, 0.1) is 12.3 Å². The molecule has 0 aliphatic carbocycles. The van der Waals surface area contributed by atoms with Crippen molar-refractivity contribution >= 4 is 5.91 Å². The molecule has 2 nitrogen and oxygen atoms in total. The molecule has 112 valence electrons. The monoisotopic (exact) mass is 275 g/mol. The second-order valence-corrected chi connectivity index (χ2v) is 6.88. The lowest BCUT2D eigenvalue weighted by Crippen LogP contribution is -2.34. The minimum absolute atomic E-state index is 0.0415. The molecule has 1 amide bonds. The van der Waals surface area contributed by atoms with Crippen LogP contribution >= 0.6 is 0 Å². The van der Waals surface area contributed by atoms with Gasteiger partial charge in [-0.2, -0.15) is 0 Å². The first kappa shape index (κ1) is 16.7. The van der Waals surface area contributed by atoms with Gasteiger partial charge in [0.05, 0.1) is 0 Å². The third kappa shape index (κ3) is 4.99. The van der Waals surface area contributed by atoms with Crippen LogP contribution in [-0.2, 0) is 0 Å². The third-order valence-corrected chi connectivity index (χ3v) is 3.68. The molecule has 0 heterocycles. The van der Waals surface area contributed by atoms with Crippen LogP contribution in [0.5, 0.6) is 0 Å². The molecule has 1 N–H and O–H groups in total.